The molecule has 8 heteroatoms. The zero-order valence-corrected chi connectivity index (χ0v) is 12.7. The Balaban J connectivity index is 1.70. The van der Waals surface area contributed by atoms with E-state index in [1.54, 1.807) is 6.07 Å². The van der Waals surface area contributed by atoms with Crippen LogP contribution in [0, 0.1) is 23.1 Å². The average molecular weight is 333 g/mol. The van der Waals surface area contributed by atoms with E-state index < -0.39 is 18.0 Å². The molecule has 24 heavy (non-hydrogen) atoms. The Labute approximate surface area is 137 Å². The van der Waals surface area contributed by atoms with Crippen LogP contribution in [0.4, 0.5) is 9.18 Å². The van der Waals surface area contributed by atoms with Crippen LogP contribution in [0.5, 0.6) is 0 Å². The van der Waals surface area contributed by atoms with Crippen molar-refractivity contribution in [3.8, 4) is 6.07 Å². The number of halogens is 1. The highest BCUT2D eigenvalue weighted by Gasteiger charge is 2.42. The van der Waals surface area contributed by atoms with Gasteiger partial charge in [-0.2, -0.15) is 5.26 Å². The molecule has 1 aliphatic carbocycles. The molecule has 0 unspecified atom stereocenters. The summed E-state index contributed by atoms with van der Waals surface area (Å²) in [6.45, 7) is 0.332. The molecule has 1 aromatic carbocycles. The minimum atomic E-state index is -1.11. The molecule has 126 valence electrons. The summed E-state index contributed by atoms with van der Waals surface area (Å²) in [5.41, 5.74) is 0.718. The van der Waals surface area contributed by atoms with E-state index in [1.807, 2.05) is 6.07 Å². The number of hydroxylamine groups is 2. The molecular formula is C16H16FN3O4. The normalized spacial score (nSPS) is 25.7. The Morgan fingerprint density at radius 2 is 2.12 bits per heavy atom. The summed E-state index contributed by atoms with van der Waals surface area (Å²) in [5, 5.41) is 21.2. The van der Waals surface area contributed by atoms with Crippen LogP contribution in [0.15, 0.2) is 18.2 Å². The summed E-state index contributed by atoms with van der Waals surface area (Å²) in [6.07, 6.45) is 0.253. The monoisotopic (exact) mass is 333 g/mol. The first kappa shape index (κ1) is 16.2. The lowest BCUT2D eigenvalue weighted by Crippen LogP contribution is -2.49. The van der Waals surface area contributed by atoms with Gasteiger partial charge in [-0.25, -0.2) is 14.2 Å². The fourth-order valence-electron chi connectivity index (χ4n) is 3.15. The van der Waals surface area contributed by atoms with E-state index in [0.29, 0.717) is 31.4 Å². The van der Waals surface area contributed by atoms with E-state index in [9.17, 15) is 14.0 Å². The fraction of sp³-hybridized carbons (Fsp3) is 0.438. The molecule has 0 bridgehead atoms. The van der Waals surface area contributed by atoms with Gasteiger partial charge in [0.2, 0.25) is 5.91 Å². The predicted molar refractivity (Wildman–Crippen MR) is 78.9 cm³/mol. The molecule has 2 N–H and O–H groups in total. The van der Waals surface area contributed by atoms with Crippen molar-refractivity contribution in [2.24, 2.45) is 5.92 Å². The highest BCUT2D eigenvalue weighted by molar-refractivity contribution is 5.80. The Kier molecular flexibility index (Phi) is 4.36. The molecule has 2 amide bonds. The quantitative estimate of drug-likeness (QED) is 0.880. The first-order valence-electron chi connectivity index (χ1n) is 7.64. The Hall–Kier alpha value is -2.66. The van der Waals surface area contributed by atoms with Crippen LogP contribution in [0.2, 0.25) is 0 Å². The third-order valence-electron chi connectivity index (χ3n) is 4.37. The Bertz CT molecular complexity index is 712. The van der Waals surface area contributed by atoms with E-state index in [4.69, 9.17) is 15.2 Å². The van der Waals surface area contributed by atoms with Crippen molar-refractivity contribution in [3.63, 3.8) is 0 Å². The van der Waals surface area contributed by atoms with Crippen molar-refractivity contribution < 1.29 is 23.9 Å². The molecule has 0 aromatic heterocycles. The summed E-state index contributed by atoms with van der Waals surface area (Å²) >= 11 is 0. The van der Waals surface area contributed by atoms with Gasteiger partial charge >= 0.3 is 6.09 Å². The maximum absolute atomic E-state index is 13.6. The van der Waals surface area contributed by atoms with Gasteiger partial charge in [0, 0.05) is 18.4 Å². The van der Waals surface area contributed by atoms with Gasteiger partial charge in [0.1, 0.15) is 5.82 Å². The smallest absolute Gasteiger partial charge is 0.404 e. The van der Waals surface area contributed by atoms with Crippen LogP contribution < -0.4 is 5.32 Å². The minimum absolute atomic E-state index is 0.193. The van der Waals surface area contributed by atoms with Crippen molar-refractivity contribution in [1.29, 1.82) is 5.26 Å². The van der Waals surface area contributed by atoms with Crippen LogP contribution in [0.3, 0.4) is 0 Å². The highest BCUT2D eigenvalue weighted by atomic mass is 19.1. The van der Waals surface area contributed by atoms with Crippen molar-refractivity contribution in [3.05, 3.63) is 35.1 Å². The van der Waals surface area contributed by atoms with Gasteiger partial charge in [0.15, 0.2) is 0 Å². The second kappa shape index (κ2) is 6.45. The number of amides is 2. The summed E-state index contributed by atoms with van der Waals surface area (Å²) in [4.78, 5) is 28.5. The fourth-order valence-corrected chi connectivity index (χ4v) is 3.15. The van der Waals surface area contributed by atoms with Gasteiger partial charge in [-0.05, 0) is 36.6 Å². The second-order valence-electron chi connectivity index (χ2n) is 6.00. The molecule has 1 aliphatic heterocycles. The molecule has 2 aliphatic rings. The van der Waals surface area contributed by atoms with E-state index in [2.05, 4.69) is 5.32 Å². The van der Waals surface area contributed by atoms with E-state index in [-0.39, 0.29) is 23.4 Å². The van der Waals surface area contributed by atoms with Gasteiger partial charge in [0.25, 0.3) is 0 Å². The minimum Gasteiger partial charge on any atom is -0.465 e. The maximum atomic E-state index is 13.6. The summed E-state index contributed by atoms with van der Waals surface area (Å²) in [5.74, 6) is -1.08. The molecule has 2 fully saturated rings. The number of rotatable bonds is 3. The SMILES string of the molecule is N#Cc1cc(F)cc([C@@H]2CCON2C(=O)C2CC(NC(=O)O)C2)c1. The van der Waals surface area contributed by atoms with Crippen LogP contribution in [0.25, 0.3) is 0 Å². The number of carbonyl (C=O) groups is 2. The average Bonchev–Trinajstić information content (AvgIpc) is 2.98. The molecule has 7 nitrogen and oxygen atoms in total. The lowest BCUT2D eigenvalue weighted by atomic mass is 9.79. The number of nitrogens with one attached hydrogen (secondary N) is 1. The Morgan fingerprint density at radius 3 is 2.79 bits per heavy atom. The number of carbonyl (C=O) groups excluding carboxylic acids is 1. The van der Waals surface area contributed by atoms with Gasteiger partial charge < -0.3 is 10.4 Å². The van der Waals surface area contributed by atoms with Crippen LogP contribution in [-0.2, 0) is 9.63 Å². The molecule has 0 radical (unpaired) electrons. The highest BCUT2D eigenvalue weighted by Crippen LogP contribution is 2.37. The zero-order chi connectivity index (χ0) is 17.3. The molecular weight excluding hydrogens is 317 g/mol. The number of nitriles is 1. The molecule has 0 spiro atoms. The molecule has 1 atom stereocenters. The lowest BCUT2D eigenvalue weighted by molar-refractivity contribution is -0.185. The number of hydrogen-bond donors (Lipinski definition) is 2. The van der Waals surface area contributed by atoms with E-state index in [1.165, 1.54) is 11.1 Å². The van der Waals surface area contributed by atoms with Crippen molar-refractivity contribution in [2.45, 2.75) is 31.3 Å². The predicted octanol–water partition coefficient (Wildman–Crippen LogP) is 1.95. The van der Waals surface area contributed by atoms with E-state index >= 15 is 0 Å². The number of benzene rings is 1. The van der Waals surface area contributed by atoms with Crippen LogP contribution in [0.1, 0.15) is 36.4 Å². The summed E-state index contributed by atoms with van der Waals surface area (Å²) < 4.78 is 13.6. The van der Waals surface area contributed by atoms with Crippen molar-refractivity contribution in [2.75, 3.05) is 6.61 Å². The standard InChI is InChI=1S/C16H16FN3O4/c17-12-4-9(8-18)3-10(5-12)14-1-2-24-20(14)15(21)11-6-13(7-11)19-16(22)23/h3-5,11,13-14,19H,1-2,6-7H2,(H,22,23)/t11?,13?,14-/m0/s1. The third kappa shape index (κ3) is 3.16. The van der Waals surface area contributed by atoms with Crippen LogP contribution in [-0.4, -0.2) is 34.8 Å². The van der Waals surface area contributed by atoms with E-state index in [0.717, 1.165) is 6.07 Å². The van der Waals surface area contributed by atoms with Gasteiger partial charge in [-0.1, -0.05) is 0 Å². The molecule has 3 rings (SSSR count). The van der Waals surface area contributed by atoms with Crippen molar-refractivity contribution in [1.82, 2.24) is 10.4 Å². The zero-order valence-electron chi connectivity index (χ0n) is 12.7. The summed E-state index contributed by atoms with van der Waals surface area (Å²) in [6, 6.07) is 5.23. The van der Waals surface area contributed by atoms with Crippen LogP contribution >= 0.6 is 0 Å². The molecule has 1 saturated heterocycles. The maximum Gasteiger partial charge on any atom is 0.404 e. The summed E-state index contributed by atoms with van der Waals surface area (Å²) in [7, 11) is 0. The second-order valence-corrected chi connectivity index (χ2v) is 6.00. The van der Waals surface area contributed by atoms with Gasteiger partial charge in [-0.15, -0.1) is 0 Å². The van der Waals surface area contributed by atoms with Crippen molar-refractivity contribution >= 4 is 12.0 Å². The first-order chi connectivity index (χ1) is 11.5. The number of carboxylic acid groups (broad SMARTS) is 1. The molecule has 1 heterocycles. The number of hydrogen-bond acceptors (Lipinski definition) is 4. The largest absolute Gasteiger partial charge is 0.465 e. The lowest BCUT2D eigenvalue weighted by Gasteiger charge is -2.37. The van der Waals surface area contributed by atoms with Gasteiger partial charge in [-0.3, -0.25) is 9.63 Å². The Morgan fingerprint density at radius 1 is 1.38 bits per heavy atom. The topological polar surface area (TPSA) is 103 Å². The van der Waals surface area contributed by atoms with Gasteiger partial charge in [0.05, 0.1) is 24.3 Å². The number of nitrogens with zero attached hydrogens (tertiary/aromatic N) is 2. The third-order valence-corrected chi connectivity index (χ3v) is 4.37. The molecule has 1 saturated carbocycles. The molecule has 1 aromatic rings. The first-order valence-corrected chi connectivity index (χ1v) is 7.64.